The van der Waals surface area contributed by atoms with Gasteiger partial charge in [-0.2, -0.15) is 0 Å². The predicted molar refractivity (Wildman–Crippen MR) is 89.9 cm³/mol. The van der Waals surface area contributed by atoms with E-state index in [2.05, 4.69) is 34.5 Å². The molecule has 0 aliphatic carbocycles. The lowest BCUT2D eigenvalue weighted by Crippen LogP contribution is -2.45. The molecule has 0 radical (unpaired) electrons. The van der Waals surface area contributed by atoms with Gasteiger partial charge in [-0.3, -0.25) is 9.69 Å². The van der Waals surface area contributed by atoms with Gasteiger partial charge in [-0.05, 0) is 55.6 Å². The van der Waals surface area contributed by atoms with Gasteiger partial charge in [0.15, 0.2) is 0 Å². The molecule has 1 heterocycles. The van der Waals surface area contributed by atoms with E-state index in [1.165, 1.54) is 11.1 Å². The van der Waals surface area contributed by atoms with Crippen LogP contribution in [0.4, 0.5) is 5.69 Å². The lowest BCUT2D eigenvalue weighted by molar-refractivity contribution is -0.121. The lowest BCUT2D eigenvalue weighted by Gasteiger charge is -2.33. The van der Waals surface area contributed by atoms with E-state index in [1.54, 1.807) is 0 Å². The molecule has 1 N–H and O–H groups in total. The number of nitrogens with one attached hydrogen (secondary N) is 1. The third-order valence-electron chi connectivity index (χ3n) is 4.44. The molecular weight excluding hydrogens is 272 g/mol. The predicted octanol–water partition coefficient (Wildman–Crippen LogP) is 3.30. The van der Waals surface area contributed by atoms with Crippen LogP contribution < -0.4 is 5.32 Å². The lowest BCUT2D eigenvalue weighted by atomic mass is 9.94. The second-order valence-electron chi connectivity index (χ2n) is 6.21. The Bertz CT molecular complexity index is 708. The first-order valence-corrected chi connectivity index (χ1v) is 7.70. The maximum atomic E-state index is 12.7. The van der Waals surface area contributed by atoms with E-state index in [1.807, 2.05) is 39.1 Å². The number of hydrogen-bond donors (Lipinski definition) is 1. The monoisotopic (exact) mass is 294 g/mol. The van der Waals surface area contributed by atoms with Gasteiger partial charge in [-0.25, -0.2) is 0 Å². The Hall–Kier alpha value is -2.13. The number of carbonyl (C=O) groups excluding carboxylic acids is 1. The van der Waals surface area contributed by atoms with E-state index in [9.17, 15) is 4.79 Å². The first kappa shape index (κ1) is 14.8. The van der Waals surface area contributed by atoms with Crippen molar-refractivity contribution in [3.05, 3.63) is 64.7 Å². The number of likely N-dealkylation sites (N-methyl/N-ethyl adjacent to an activating group) is 1. The average molecular weight is 294 g/mol. The summed E-state index contributed by atoms with van der Waals surface area (Å²) in [7, 11) is 2.02. The minimum Gasteiger partial charge on any atom is -0.324 e. The van der Waals surface area contributed by atoms with Crippen LogP contribution in [0.15, 0.2) is 42.5 Å². The SMILES string of the molecule is Cc1ccc(C)c(NC(=O)C2Cc3ccccc3CN2C)c1. The number of rotatable bonds is 2. The molecule has 0 bridgehead atoms. The molecule has 0 saturated carbocycles. The molecule has 0 spiro atoms. The van der Waals surface area contributed by atoms with E-state index < -0.39 is 0 Å². The third-order valence-corrected chi connectivity index (χ3v) is 4.44. The Labute approximate surface area is 132 Å². The fraction of sp³-hybridized carbons (Fsp3) is 0.316. The van der Waals surface area contributed by atoms with Crippen LogP contribution in [0.25, 0.3) is 0 Å². The zero-order chi connectivity index (χ0) is 15.7. The summed E-state index contributed by atoms with van der Waals surface area (Å²) in [5, 5.41) is 3.10. The molecule has 1 aliphatic rings. The van der Waals surface area contributed by atoms with Crippen molar-refractivity contribution < 1.29 is 4.79 Å². The van der Waals surface area contributed by atoms with Crippen molar-refractivity contribution in [3.8, 4) is 0 Å². The molecule has 0 aromatic heterocycles. The number of carbonyl (C=O) groups is 1. The minimum atomic E-state index is -0.116. The number of fused-ring (bicyclic) bond motifs is 1. The number of aryl methyl sites for hydroxylation is 2. The topological polar surface area (TPSA) is 32.3 Å². The number of benzene rings is 2. The molecule has 0 saturated heterocycles. The van der Waals surface area contributed by atoms with Gasteiger partial charge in [-0.1, -0.05) is 36.4 Å². The second-order valence-corrected chi connectivity index (χ2v) is 6.21. The molecule has 3 heteroatoms. The normalized spacial score (nSPS) is 17.9. The highest BCUT2D eigenvalue weighted by atomic mass is 16.2. The quantitative estimate of drug-likeness (QED) is 0.921. The first-order chi connectivity index (χ1) is 10.5. The number of hydrogen-bond acceptors (Lipinski definition) is 2. The van der Waals surface area contributed by atoms with E-state index in [0.29, 0.717) is 0 Å². The summed E-state index contributed by atoms with van der Waals surface area (Å²) < 4.78 is 0. The molecule has 114 valence electrons. The van der Waals surface area contributed by atoms with Crippen molar-refractivity contribution in [3.63, 3.8) is 0 Å². The molecule has 2 aromatic carbocycles. The summed E-state index contributed by atoms with van der Waals surface area (Å²) in [6, 6.07) is 14.4. The van der Waals surface area contributed by atoms with Crippen LogP contribution in [-0.4, -0.2) is 23.9 Å². The van der Waals surface area contributed by atoms with Gasteiger partial charge in [0, 0.05) is 12.2 Å². The first-order valence-electron chi connectivity index (χ1n) is 7.70. The molecule has 0 fully saturated rings. The van der Waals surface area contributed by atoms with Crippen LogP contribution in [0.2, 0.25) is 0 Å². The Morgan fingerprint density at radius 2 is 1.86 bits per heavy atom. The second kappa shape index (κ2) is 5.93. The molecule has 3 rings (SSSR count). The fourth-order valence-electron chi connectivity index (χ4n) is 3.03. The van der Waals surface area contributed by atoms with Crippen molar-refractivity contribution in [2.45, 2.75) is 32.9 Å². The Kier molecular flexibility index (Phi) is 3.99. The minimum absolute atomic E-state index is 0.0747. The molecule has 2 aromatic rings. The van der Waals surface area contributed by atoms with Crippen LogP contribution in [0, 0.1) is 13.8 Å². The summed E-state index contributed by atoms with van der Waals surface area (Å²) in [5.41, 5.74) is 5.76. The number of nitrogens with zero attached hydrogens (tertiary/aromatic N) is 1. The van der Waals surface area contributed by atoms with Gasteiger partial charge >= 0.3 is 0 Å². The summed E-state index contributed by atoms with van der Waals surface area (Å²) >= 11 is 0. The van der Waals surface area contributed by atoms with Gasteiger partial charge in [0.1, 0.15) is 0 Å². The molecule has 1 unspecified atom stereocenters. The van der Waals surface area contributed by atoms with Gasteiger partial charge in [0.05, 0.1) is 6.04 Å². The largest absolute Gasteiger partial charge is 0.324 e. The third kappa shape index (κ3) is 2.90. The Morgan fingerprint density at radius 1 is 1.14 bits per heavy atom. The maximum Gasteiger partial charge on any atom is 0.242 e. The van der Waals surface area contributed by atoms with Crippen molar-refractivity contribution in [1.82, 2.24) is 4.90 Å². The van der Waals surface area contributed by atoms with E-state index in [0.717, 1.165) is 29.8 Å². The number of amides is 1. The van der Waals surface area contributed by atoms with Crippen molar-refractivity contribution in [2.75, 3.05) is 12.4 Å². The standard InChI is InChI=1S/C19H22N2O/c1-13-8-9-14(2)17(10-13)20-19(22)18-11-15-6-4-5-7-16(15)12-21(18)3/h4-10,18H,11-12H2,1-3H3,(H,20,22). The van der Waals surface area contributed by atoms with Gasteiger partial charge in [0.2, 0.25) is 5.91 Å². The highest BCUT2D eigenvalue weighted by Gasteiger charge is 2.29. The van der Waals surface area contributed by atoms with Crippen LogP contribution in [0.3, 0.4) is 0 Å². The molecule has 1 aliphatic heterocycles. The van der Waals surface area contributed by atoms with Crippen LogP contribution >= 0.6 is 0 Å². The molecule has 22 heavy (non-hydrogen) atoms. The number of anilines is 1. The van der Waals surface area contributed by atoms with Crippen LogP contribution in [-0.2, 0) is 17.8 Å². The molecule has 3 nitrogen and oxygen atoms in total. The zero-order valence-corrected chi connectivity index (χ0v) is 13.4. The Balaban J connectivity index is 1.79. The molecular formula is C19H22N2O. The highest BCUT2D eigenvalue weighted by molar-refractivity contribution is 5.95. The molecule has 1 amide bonds. The van der Waals surface area contributed by atoms with Gasteiger partial charge in [-0.15, -0.1) is 0 Å². The summed E-state index contributed by atoms with van der Waals surface area (Å²) in [5.74, 6) is 0.0747. The van der Waals surface area contributed by atoms with Gasteiger partial charge < -0.3 is 5.32 Å². The van der Waals surface area contributed by atoms with Crippen LogP contribution in [0.5, 0.6) is 0 Å². The summed E-state index contributed by atoms with van der Waals surface area (Å²) in [6.45, 7) is 4.88. The zero-order valence-electron chi connectivity index (χ0n) is 13.4. The average Bonchev–Trinajstić information content (AvgIpc) is 2.50. The fourth-order valence-corrected chi connectivity index (χ4v) is 3.03. The van der Waals surface area contributed by atoms with Crippen LogP contribution in [0.1, 0.15) is 22.3 Å². The highest BCUT2D eigenvalue weighted by Crippen LogP contribution is 2.24. The van der Waals surface area contributed by atoms with Crippen molar-refractivity contribution >= 4 is 11.6 Å². The molecule has 1 atom stereocenters. The summed E-state index contributed by atoms with van der Waals surface area (Å²) in [6.07, 6.45) is 0.767. The van der Waals surface area contributed by atoms with Crippen molar-refractivity contribution in [2.24, 2.45) is 0 Å². The Morgan fingerprint density at radius 3 is 2.64 bits per heavy atom. The van der Waals surface area contributed by atoms with E-state index in [-0.39, 0.29) is 11.9 Å². The van der Waals surface area contributed by atoms with E-state index in [4.69, 9.17) is 0 Å². The summed E-state index contributed by atoms with van der Waals surface area (Å²) in [4.78, 5) is 14.8. The van der Waals surface area contributed by atoms with E-state index >= 15 is 0 Å². The van der Waals surface area contributed by atoms with Gasteiger partial charge in [0.25, 0.3) is 0 Å². The van der Waals surface area contributed by atoms with Crippen molar-refractivity contribution in [1.29, 1.82) is 0 Å². The maximum absolute atomic E-state index is 12.7. The smallest absolute Gasteiger partial charge is 0.242 e.